The minimum atomic E-state index is 0.581. The Morgan fingerprint density at radius 3 is 2.76 bits per heavy atom. The van der Waals surface area contributed by atoms with Gasteiger partial charge in [-0.1, -0.05) is 13.8 Å². The molecule has 1 saturated heterocycles. The lowest BCUT2D eigenvalue weighted by Crippen LogP contribution is -2.42. The third kappa shape index (κ3) is 3.19. The summed E-state index contributed by atoms with van der Waals surface area (Å²) in [5, 5.41) is 4.73. The molecular formula is C16H24N4S. The van der Waals surface area contributed by atoms with Crippen LogP contribution in [-0.4, -0.2) is 40.5 Å². The SMILES string of the molecule is Cc1cc2c(NCC(C(C)C)N3CCCC3)ncnc2s1. The first-order valence-corrected chi connectivity index (χ1v) is 8.66. The summed E-state index contributed by atoms with van der Waals surface area (Å²) in [5.41, 5.74) is 0. The summed E-state index contributed by atoms with van der Waals surface area (Å²) < 4.78 is 0. The molecule has 3 rings (SSSR count). The monoisotopic (exact) mass is 304 g/mol. The van der Waals surface area contributed by atoms with E-state index in [0.717, 1.165) is 22.6 Å². The summed E-state index contributed by atoms with van der Waals surface area (Å²) in [6, 6.07) is 2.76. The number of hydrogen-bond donors (Lipinski definition) is 1. The van der Waals surface area contributed by atoms with Crippen LogP contribution in [0.3, 0.4) is 0 Å². The first-order chi connectivity index (χ1) is 10.1. The van der Waals surface area contributed by atoms with Gasteiger partial charge < -0.3 is 5.32 Å². The van der Waals surface area contributed by atoms with Gasteiger partial charge in [0.2, 0.25) is 0 Å². The zero-order valence-electron chi connectivity index (χ0n) is 13.1. The second kappa shape index (κ2) is 6.28. The summed E-state index contributed by atoms with van der Waals surface area (Å²) in [6.45, 7) is 10.2. The van der Waals surface area contributed by atoms with Gasteiger partial charge in [-0.05, 0) is 44.8 Å². The van der Waals surface area contributed by atoms with Crippen LogP contribution in [0.4, 0.5) is 5.82 Å². The number of anilines is 1. The van der Waals surface area contributed by atoms with Crippen LogP contribution < -0.4 is 5.32 Å². The predicted octanol–water partition coefficient (Wildman–Crippen LogP) is 3.53. The van der Waals surface area contributed by atoms with Crippen molar-refractivity contribution in [2.75, 3.05) is 25.0 Å². The number of nitrogens with zero attached hydrogens (tertiary/aromatic N) is 3. The largest absolute Gasteiger partial charge is 0.368 e. The van der Waals surface area contributed by atoms with Crippen LogP contribution in [0.1, 0.15) is 31.6 Å². The highest BCUT2D eigenvalue weighted by molar-refractivity contribution is 7.18. The zero-order valence-corrected chi connectivity index (χ0v) is 13.9. The lowest BCUT2D eigenvalue weighted by molar-refractivity contribution is 0.201. The molecule has 114 valence electrons. The fourth-order valence-electron chi connectivity index (χ4n) is 3.18. The van der Waals surface area contributed by atoms with Crippen molar-refractivity contribution in [3.8, 4) is 0 Å². The molecule has 0 saturated carbocycles. The van der Waals surface area contributed by atoms with Gasteiger partial charge in [0.1, 0.15) is 17.0 Å². The van der Waals surface area contributed by atoms with Crippen molar-refractivity contribution < 1.29 is 0 Å². The number of thiophene rings is 1. The van der Waals surface area contributed by atoms with E-state index in [9.17, 15) is 0 Å². The van der Waals surface area contributed by atoms with E-state index >= 15 is 0 Å². The molecule has 2 aromatic heterocycles. The fourth-order valence-corrected chi connectivity index (χ4v) is 4.03. The molecule has 1 aliphatic heterocycles. The summed E-state index contributed by atoms with van der Waals surface area (Å²) in [7, 11) is 0. The smallest absolute Gasteiger partial charge is 0.138 e. The first-order valence-electron chi connectivity index (χ1n) is 7.84. The Kier molecular flexibility index (Phi) is 4.40. The molecule has 1 N–H and O–H groups in total. The Bertz CT molecular complexity index is 601. The Morgan fingerprint density at radius 2 is 2.05 bits per heavy atom. The quantitative estimate of drug-likeness (QED) is 0.917. The molecule has 2 aromatic rings. The number of likely N-dealkylation sites (tertiary alicyclic amines) is 1. The van der Waals surface area contributed by atoms with Crippen LogP contribution in [0.15, 0.2) is 12.4 Å². The standard InChI is InChI=1S/C16H24N4S/c1-11(2)14(20-6-4-5-7-20)9-17-15-13-8-12(3)21-16(13)19-10-18-15/h8,10-11,14H,4-7,9H2,1-3H3,(H,17,18,19). The molecule has 21 heavy (non-hydrogen) atoms. The van der Waals surface area contributed by atoms with Gasteiger partial charge in [-0.2, -0.15) is 0 Å². The molecule has 0 radical (unpaired) electrons. The van der Waals surface area contributed by atoms with Crippen molar-refractivity contribution in [2.45, 2.75) is 39.7 Å². The van der Waals surface area contributed by atoms with E-state index in [0.29, 0.717) is 12.0 Å². The van der Waals surface area contributed by atoms with Crippen molar-refractivity contribution in [1.82, 2.24) is 14.9 Å². The van der Waals surface area contributed by atoms with E-state index < -0.39 is 0 Å². The summed E-state index contributed by atoms with van der Waals surface area (Å²) in [5.74, 6) is 1.63. The maximum Gasteiger partial charge on any atom is 0.138 e. The van der Waals surface area contributed by atoms with Crippen molar-refractivity contribution in [3.05, 3.63) is 17.3 Å². The molecule has 3 heterocycles. The highest BCUT2D eigenvalue weighted by atomic mass is 32.1. The average Bonchev–Trinajstić information content (AvgIpc) is 3.07. The lowest BCUT2D eigenvalue weighted by Gasteiger charge is -2.31. The number of aromatic nitrogens is 2. The van der Waals surface area contributed by atoms with Gasteiger partial charge in [0, 0.05) is 17.5 Å². The molecule has 1 atom stereocenters. The van der Waals surface area contributed by atoms with Crippen LogP contribution in [0.5, 0.6) is 0 Å². The number of hydrogen-bond acceptors (Lipinski definition) is 5. The van der Waals surface area contributed by atoms with Crippen molar-refractivity contribution >= 4 is 27.4 Å². The van der Waals surface area contributed by atoms with Crippen LogP contribution >= 0.6 is 11.3 Å². The van der Waals surface area contributed by atoms with Crippen LogP contribution in [0.25, 0.3) is 10.2 Å². The Hall–Kier alpha value is -1.20. The summed E-state index contributed by atoms with van der Waals surface area (Å²) >= 11 is 1.73. The van der Waals surface area contributed by atoms with Crippen LogP contribution in [0.2, 0.25) is 0 Å². The van der Waals surface area contributed by atoms with Gasteiger partial charge in [0.15, 0.2) is 0 Å². The maximum absolute atomic E-state index is 4.44. The van der Waals surface area contributed by atoms with E-state index in [2.05, 4.69) is 47.0 Å². The van der Waals surface area contributed by atoms with Gasteiger partial charge in [0.05, 0.1) is 5.39 Å². The number of aryl methyl sites for hydroxylation is 1. The summed E-state index contributed by atoms with van der Waals surface area (Å²) in [4.78, 5) is 13.8. The molecule has 5 heteroatoms. The van der Waals surface area contributed by atoms with E-state index in [1.54, 1.807) is 17.7 Å². The molecule has 0 aliphatic carbocycles. The summed E-state index contributed by atoms with van der Waals surface area (Å²) in [6.07, 6.45) is 4.34. The second-order valence-corrected chi connectivity index (χ2v) is 7.47. The van der Waals surface area contributed by atoms with Crippen molar-refractivity contribution in [3.63, 3.8) is 0 Å². The lowest BCUT2D eigenvalue weighted by atomic mass is 10.0. The van der Waals surface area contributed by atoms with Gasteiger partial charge in [-0.3, -0.25) is 4.90 Å². The highest BCUT2D eigenvalue weighted by Crippen LogP contribution is 2.28. The van der Waals surface area contributed by atoms with Crippen molar-refractivity contribution in [2.24, 2.45) is 5.92 Å². The fraction of sp³-hybridized carbons (Fsp3) is 0.625. The molecule has 0 aromatic carbocycles. The third-order valence-corrected chi connectivity index (χ3v) is 5.27. The molecule has 1 fully saturated rings. The molecular weight excluding hydrogens is 280 g/mol. The molecule has 0 amide bonds. The van der Waals surface area contributed by atoms with E-state index in [4.69, 9.17) is 0 Å². The minimum Gasteiger partial charge on any atom is -0.368 e. The highest BCUT2D eigenvalue weighted by Gasteiger charge is 2.24. The topological polar surface area (TPSA) is 41.0 Å². The van der Waals surface area contributed by atoms with Crippen LogP contribution in [-0.2, 0) is 0 Å². The van der Waals surface area contributed by atoms with Gasteiger partial charge in [-0.15, -0.1) is 11.3 Å². The molecule has 0 spiro atoms. The Labute approximate surface area is 130 Å². The van der Waals surface area contributed by atoms with Gasteiger partial charge in [0.25, 0.3) is 0 Å². The Morgan fingerprint density at radius 1 is 1.29 bits per heavy atom. The third-order valence-electron chi connectivity index (χ3n) is 4.31. The van der Waals surface area contributed by atoms with Gasteiger partial charge in [-0.25, -0.2) is 9.97 Å². The van der Waals surface area contributed by atoms with E-state index in [-0.39, 0.29) is 0 Å². The second-order valence-electron chi connectivity index (χ2n) is 6.23. The number of fused-ring (bicyclic) bond motifs is 1. The predicted molar refractivity (Wildman–Crippen MR) is 90.1 cm³/mol. The maximum atomic E-state index is 4.44. The average molecular weight is 304 g/mol. The molecule has 4 nitrogen and oxygen atoms in total. The Balaban J connectivity index is 1.75. The first kappa shape index (κ1) is 14.7. The van der Waals surface area contributed by atoms with E-state index in [1.165, 1.54) is 30.8 Å². The number of nitrogens with one attached hydrogen (secondary N) is 1. The van der Waals surface area contributed by atoms with E-state index in [1.807, 2.05) is 0 Å². The minimum absolute atomic E-state index is 0.581. The van der Waals surface area contributed by atoms with Gasteiger partial charge >= 0.3 is 0 Å². The molecule has 0 bridgehead atoms. The molecule has 1 unspecified atom stereocenters. The molecule has 1 aliphatic rings. The normalized spacial score (nSPS) is 17.7. The van der Waals surface area contributed by atoms with Crippen LogP contribution in [0, 0.1) is 12.8 Å². The zero-order chi connectivity index (χ0) is 14.8. The number of rotatable bonds is 5. The van der Waals surface area contributed by atoms with Crippen molar-refractivity contribution in [1.29, 1.82) is 0 Å².